The van der Waals surface area contributed by atoms with Crippen LogP contribution in [0.1, 0.15) is 35.6 Å². The smallest absolute Gasteiger partial charge is 0.348 e. The van der Waals surface area contributed by atoms with E-state index in [2.05, 4.69) is 26.8 Å². The van der Waals surface area contributed by atoms with Gasteiger partial charge in [0.05, 0.1) is 11.6 Å². The van der Waals surface area contributed by atoms with Crippen LogP contribution in [0.25, 0.3) is 11.4 Å². The van der Waals surface area contributed by atoms with E-state index in [4.69, 9.17) is 0 Å². The number of halogens is 3. The maximum Gasteiger partial charge on any atom is 0.416 e. The van der Waals surface area contributed by atoms with Crippen LogP contribution in [0.4, 0.5) is 13.2 Å². The Morgan fingerprint density at radius 2 is 2.00 bits per heavy atom. The first-order chi connectivity index (χ1) is 13.9. The molecule has 4 rings (SSSR count). The predicted octanol–water partition coefficient (Wildman–Crippen LogP) is 3.55. The van der Waals surface area contributed by atoms with Gasteiger partial charge in [0.2, 0.25) is 11.7 Å². The van der Waals surface area contributed by atoms with Crippen molar-refractivity contribution in [1.82, 2.24) is 25.5 Å². The zero-order chi connectivity index (χ0) is 20.4. The molecule has 0 saturated heterocycles. The first-order valence-corrected chi connectivity index (χ1v) is 9.23. The van der Waals surface area contributed by atoms with Gasteiger partial charge in [-0.15, -0.1) is 10.2 Å². The van der Waals surface area contributed by atoms with Crippen LogP contribution < -0.4 is 5.32 Å². The summed E-state index contributed by atoms with van der Waals surface area (Å²) in [7, 11) is 0. The quantitative estimate of drug-likeness (QED) is 0.726. The topological polar surface area (TPSA) is 72.7 Å². The lowest BCUT2D eigenvalue weighted by atomic mass is 9.88. The van der Waals surface area contributed by atoms with Gasteiger partial charge in [-0.3, -0.25) is 4.79 Å². The number of carbonyl (C=O) groups is 1. The van der Waals surface area contributed by atoms with Crippen LogP contribution in [-0.2, 0) is 23.9 Å². The minimum atomic E-state index is -4.46. The van der Waals surface area contributed by atoms with Crippen molar-refractivity contribution in [3.05, 3.63) is 65.2 Å². The van der Waals surface area contributed by atoms with Gasteiger partial charge < -0.3 is 5.32 Å². The van der Waals surface area contributed by atoms with E-state index in [9.17, 15) is 18.0 Å². The highest BCUT2D eigenvalue weighted by Crippen LogP contribution is 2.31. The zero-order valence-electron chi connectivity index (χ0n) is 15.4. The molecular formula is C20H18F3N5O. The van der Waals surface area contributed by atoms with Gasteiger partial charge in [0, 0.05) is 5.56 Å². The summed E-state index contributed by atoms with van der Waals surface area (Å²) in [5.41, 5.74) is 1.74. The SMILES string of the molecule is O=C(Cn1nnc(-c2cccc(C(F)(F)F)c2)n1)NC1CCCc2ccccc21. The fourth-order valence-corrected chi connectivity index (χ4v) is 3.53. The Kier molecular flexibility index (Phi) is 5.04. The number of fused-ring (bicyclic) bond motifs is 1. The number of hydrogen-bond acceptors (Lipinski definition) is 4. The number of hydrogen-bond donors (Lipinski definition) is 1. The molecule has 2 aromatic carbocycles. The van der Waals surface area contributed by atoms with Crippen LogP contribution in [0.5, 0.6) is 0 Å². The summed E-state index contributed by atoms with van der Waals surface area (Å²) < 4.78 is 38.6. The molecule has 1 amide bonds. The van der Waals surface area contributed by atoms with Crippen molar-refractivity contribution in [2.45, 2.75) is 38.0 Å². The molecule has 0 radical (unpaired) electrons. The van der Waals surface area contributed by atoms with Gasteiger partial charge in [0.25, 0.3) is 0 Å². The van der Waals surface area contributed by atoms with Crippen LogP contribution in [0, 0.1) is 0 Å². The fourth-order valence-electron chi connectivity index (χ4n) is 3.53. The van der Waals surface area contributed by atoms with Crippen molar-refractivity contribution < 1.29 is 18.0 Å². The van der Waals surface area contributed by atoms with Crippen molar-refractivity contribution in [3.8, 4) is 11.4 Å². The average molecular weight is 401 g/mol. The van der Waals surface area contributed by atoms with Crippen LogP contribution >= 0.6 is 0 Å². The first kappa shape index (κ1) is 19.1. The molecule has 1 atom stereocenters. The van der Waals surface area contributed by atoms with Crippen LogP contribution in [0.3, 0.4) is 0 Å². The molecule has 3 aromatic rings. The molecule has 1 aliphatic rings. The first-order valence-electron chi connectivity index (χ1n) is 9.23. The molecule has 0 saturated carbocycles. The molecule has 0 bridgehead atoms. The van der Waals surface area contributed by atoms with E-state index in [1.165, 1.54) is 17.7 Å². The maximum atomic E-state index is 12.9. The number of carbonyl (C=O) groups excluding carboxylic acids is 1. The second-order valence-electron chi connectivity index (χ2n) is 6.93. The van der Waals surface area contributed by atoms with E-state index in [1.54, 1.807) is 0 Å². The van der Waals surface area contributed by atoms with Crippen molar-refractivity contribution in [3.63, 3.8) is 0 Å². The minimum absolute atomic E-state index is 0.0342. The Hall–Kier alpha value is -3.23. The van der Waals surface area contributed by atoms with Gasteiger partial charge in [-0.2, -0.15) is 18.0 Å². The molecule has 1 aromatic heterocycles. The Labute approximate surface area is 164 Å². The van der Waals surface area contributed by atoms with E-state index in [0.29, 0.717) is 0 Å². The minimum Gasteiger partial charge on any atom is -0.348 e. The highest BCUT2D eigenvalue weighted by Gasteiger charge is 2.30. The molecule has 9 heteroatoms. The van der Waals surface area contributed by atoms with Gasteiger partial charge in [-0.1, -0.05) is 36.4 Å². The number of benzene rings is 2. The van der Waals surface area contributed by atoms with Gasteiger partial charge >= 0.3 is 6.18 Å². The number of aryl methyl sites for hydroxylation is 1. The predicted molar refractivity (Wildman–Crippen MR) is 98.5 cm³/mol. The molecule has 150 valence electrons. The zero-order valence-corrected chi connectivity index (χ0v) is 15.4. The Balaban J connectivity index is 1.44. The molecule has 1 aliphatic carbocycles. The molecule has 0 fully saturated rings. The summed E-state index contributed by atoms with van der Waals surface area (Å²) in [6.45, 7) is -0.162. The number of nitrogens with one attached hydrogen (secondary N) is 1. The molecule has 6 nitrogen and oxygen atoms in total. The van der Waals surface area contributed by atoms with Gasteiger partial charge in [-0.25, -0.2) is 0 Å². The van der Waals surface area contributed by atoms with E-state index in [-0.39, 0.29) is 29.9 Å². The van der Waals surface area contributed by atoms with Crippen molar-refractivity contribution >= 4 is 5.91 Å². The van der Waals surface area contributed by atoms with Gasteiger partial charge in [0.1, 0.15) is 6.54 Å². The standard InChI is InChI=1S/C20H18F3N5O/c21-20(22,23)15-8-3-7-14(11-15)19-25-27-28(26-19)12-18(29)24-17-10-4-6-13-5-1-2-9-16(13)17/h1-3,5,7-9,11,17H,4,6,10,12H2,(H,24,29). The molecule has 0 spiro atoms. The molecule has 29 heavy (non-hydrogen) atoms. The van der Waals surface area contributed by atoms with Crippen LogP contribution in [-0.4, -0.2) is 26.1 Å². The highest BCUT2D eigenvalue weighted by atomic mass is 19.4. The Morgan fingerprint density at radius 3 is 2.83 bits per heavy atom. The number of aromatic nitrogens is 4. The lowest BCUT2D eigenvalue weighted by Crippen LogP contribution is -2.34. The normalized spacial score (nSPS) is 16.3. The molecular weight excluding hydrogens is 383 g/mol. The summed E-state index contributed by atoms with van der Waals surface area (Å²) in [6, 6.07) is 12.6. The lowest BCUT2D eigenvalue weighted by Gasteiger charge is -2.26. The maximum absolute atomic E-state index is 12.9. The van der Waals surface area contributed by atoms with E-state index in [0.717, 1.165) is 41.8 Å². The Morgan fingerprint density at radius 1 is 1.17 bits per heavy atom. The third-order valence-electron chi connectivity index (χ3n) is 4.89. The number of amides is 1. The summed E-state index contributed by atoms with van der Waals surface area (Å²) in [5, 5.41) is 14.6. The van der Waals surface area contributed by atoms with Crippen LogP contribution in [0.2, 0.25) is 0 Å². The largest absolute Gasteiger partial charge is 0.416 e. The monoisotopic (exact) mass is 401 g/mol. The van der Waals surface area contributed by atoms with Gasteiger partial charge in [0.15, 0.2) is 0 Å². The van der Waals surface area contributed by atoms with Crippen molar-refractivity contribution in [1.29, 1.82) is 0 Å². The van der Waals surface area contributed by atoms with E-state index >= 15 is 0 Å². The van der Waals surface area contributed by atoms with Crippen LogP contribution in [0.15, 0.2) is 48.5 Å². The lowest BCUT2D eigenvalue weighted by molar-refractivity contribution is -0.137. The van der Waals surface area contributed by atoms with E-state index < -0.39 is 11.7 Å². The van der Waals surface area contributed by atoms with Crippen molar-refractivity contribution in [2.24, 2.45) is 0 Å². The number of tetrazole rings is 1. The molecule has 1 unspecified atom stereocenters. The second-order valence-corrected chi connectivity index (χ2v) is 6.93. The average Bonchev–Trinajstić information content (AvgIpc) is 3.16. The highest BCUT2D eigenvalue weighted by molar-refractivity contribution is 5.76. The molecule has 0 aliphatic heterocycles. The summed E-state index contributed by atoms with van der Waals surface area (Å²) >= 11 is 0. The summed E-state index contributed by atoms with van der Waals surface area (Å²) in [5.74, 6) is -0.244. The summed E-state index contributed by atoms with van der Waals surface area (Å²) in [6.07, 6.45) is -1.62. The molecule has 1 heterocycles. The third-order valence-corrected chi connectivity index (χ3v) is 4.89. The number of alkyl halides is 3. The van der Waals surface area contributed by atoms with Gasteiger partial charge in [-0.05, 0) is 47.7 Å². The number of nitrogens with zero attached hydrogens (tertiary/aromatic N) is 4. The second kappa shape index (κ2) is 7.65. The third kappa shape index (κ3) is 4.28. The van der Waals surface area contributed by atoms with Crippen molar-refractivity contribution in [2.75, 3.05) is 0 Å². The fraction of sp³-hybridized carbons (Fsp3) is 0.300. The van der Waals surface area contributed by atoms with E-state index in [1.807, 2.05) is 18.2 Å². The summed E-state index contributed by atoms with van der Waals surface area (Å²) in [4.78, 5) is 13.5. The number of rotatable bonds is 4. The molecule has 1 N–H and O–H groups in total. The Bertz CT molecular complexity index is 1030.